The summed E-state index contributed by atoms with van der Waals surface area (Å²) in [5.74, 6) is 0.682. The van der Waals surface area contributed by atoms with E-state index in [-0.39, 0.29) is 24.2 Å². The van der Waals surface area contributed by atoms with Gasteiger partial charge in [-0.25, -0.2) is 9.97 Å². The summed E-state index contributed by atoms with van der Waals surface area (Å²) in [4.78, 5) is 24.2. The third-order valence-electron chi connectivity index (χ3n) is 8.39. The van der Waals surface area contributed by atoms with Gasteiger partial charge in [0.15, 0.2) is 0 Å². The number of nitrogens with one attached hydrogen (secondary N) is 2. The minimum Gasteiger partial charge on any atom is -0.379 e. The molecule has 1 aromatic carbocycles. The van der Waals surface area contributed by atoms with Crippen LogP contribution in [0.15, 0.2) is 30.6 Å². The first-order chi connectivity index (χ1) is 19.0. The van der Waals surface area contributed by atoms with Gasteiger partial charge in [0.05, 0.1) is 24.9 Å². The Morgan fingerprint density at radius 2 is 1.97 bits per heavy atom. The Hall–Kier alpha value is -2.59. The summed E-state index contributed by atoms with van der Waals surface area (Å²) in [7, 11) is 1.74. The van der Waals surface area contributed by atoms with Crippen molar-refractivity contribution in [1.29, 1.82) is 0 Å². The van der Waals surface area contributed by atoms with Gasteiger partial charge < -0.3 is 29.7 Å². The molecule has 39 heavy (non-hydrogen) atoms. The van der Waals surface area contributed by atoms with Crippen LogP contribution in [-0.2, 0) is 14.2 Å². The number of aryl methyl sites for hydroxylation is 1. The number of methoxy groups -OCH3 is 1. The van der Waals surface area contributed by atoms with Crippen LogP contribution in [0, 0.1) is 13.8 Å². The van der Waals surface area contributed by atoms with Gasteiger partial charge in [-0.1, -0.05) is 29.8 Å². The fourth-order valence-corrected chi connectivity index (χ4v) is 6.06. The number of rotatable bonds is 8. The van der Waals surface area contributed by atoms with Crippen molar-refractivity contribution < 1.29 is 19.0 Å². The molecule has 3 saturated heterocycles. The number of benzene rings is 1. The van der Waals surface area contributed by atoms with Crippen LogP contribution in [0.1, 0.15) is 71.8 Å². The number of ether oxygens (including phenoxy) is 3. The molecule has 0 saturated carbocycles. The van der Waals surface area contributed by atoms with Gasteiger partial charge in [0, 0.05) is 51.0 Å². The van der Waals surface area contributed by atoms with E-state index in [0.717, 1.165) is 50.7 Å². The molecule has 4 heterocycles. The van der Waals surface area contributed by atoms with Crippen molar-refractivity contribution in [2.45, 2.75) is 82.8 Å². The Morgan fingerprint density at radius 3 is 2.77 bits per heavy atom. The first kappa shape index (κ1) is 28.0. The van der Waals surface area contributed by atoms with Crippen LogP contribution in [0.25, 0.3) is 0 Å². The number of likely N-dealkylation sites (tertiary alicyclic amines) is 1. The van der Waals surface area contributed by atoms with E-state index < -0.39 is 0 Å². The SMILES string of the molecule is COC1COCCC1NC1CCN(C(=O)c2ncnc(NCC3CCCC(c4cccc(C)c4)O3)c2C)CC1. The smallest absolute Gasteiger partial charge is 0.272 e. The Bertz CT molecular complexity index is 1110. The minimum absolute atomic E-state index is 0.0225. The van der Waals surface area contributed by atoms with E-state index in [0.29, 0.717) is 49.8 Å². The molecule has 2 aromatic rings. The van der Waals surface area contributed by atoms with E-state index in [9.17, 15) is 4.79 Å². The number of anilines is 1. The molecule has 0 bridgehead atoms. The molecule has 4 atom stereocenters. The molecule has 3 aliphatic rings. The Labute approximate surface area is 232 Å². The predicted octanol–water partition coefficient (Wildman–Crippen LogP) is 3.81. The van der Waals surface area contributed by atoms with Gasteiger partial charge in [0.25, 0.3) is 5.91 Å². The number of aromatic nitrogens is 2. The molecule has 3 aliphatic heterocycles. The molecular formula is C30H43N5O4. The molecule has 2 N–H and O–H groups in total. The van der Waals surface area contributed by atoms with Crippen LogP contribution in [-0.4, -0.2) is 85.0 Å². The fourth-order valence-electron chi connectivity index (χ4n) is 6.06. The highest BCUT2D eigenvalue weighted by molar-refractivity contribution is 5.94. The molecule has 4 unspecified atom stereocenters. The largest absolute Gasteiger partial charge is 0.379 e. The monoisotopic (exact) mass is 537 g/mol. The maximum absolute atomic E-state index is 13.4. The predicted molar refractivity (Wildman–Crippen MR) is 150 cm³/mol. The fraction of sp³-hybridized carbons (Fsp3) is 0.633. The van der Waals surface area contributed by atoms with E-state index in [1.165, 1.54) is 17.5 Å². The third-order valence-corrected chi connectivity index (χ3v) is 8.39. The van der Waals surface area contributed by atoms with E-state index >= 15 is 0 Å². The van der Waals surface area contributed by atoms with Crippen LogP contribution in [0.5, 0.6) is 0 Å². The van der Waals surface area contributed by atoms with Crippen molar-refractivity contribution in [1.82, 2.24) is 20.2 Å². The van der Waals surface area contributed by atoms with Gasteiger partial charge >= 0.3 is 0 Å². The standard InChI is InChI=1S/C30H43N5O4/c1-20-6-4-7-22(16-20)26-9-5-8-24(39-26)17-31-29-21(2)28(32-19-33-29)30(36)35-13-10-23(11-14-35)34-25-12-15-38-18-27(25)37-3/h4,6-7,16,19,23-27,34H,5,8-15,17-18H2,1-3H3,(H,31,32,33). The maximum atomic E-state index is 13.4. The van der Waals surface area contributed by atoms with Crippen LogP contribution in [0.4, 0.5) is 5.82 Å². The Morgan fingerprint density at radius 1 is 1.13 bits per heavy atom. The second kappa shape index (κ2) is 13.2. The summed E-state index contributed by atoms with van der Waals surface area (Å²) >= 11 is 0. The second-order valence-corrected chi connectivity index (χ2v) is 11.1. The van der Waals surface area contributed by atoms with Gasteiger partial charge in [-0.3, -0.25) is 4.79 Å². The summed E-state index contributed by atoms with van der Waals surface area (Å²) in [6, 6.07) is 9.26. The van der Waals surface area contributed by atoms with Crippen molar-refractivity contribution in [3.63, 3.8) is 0 Å². The van der Waals surface area contributed by atoms with Gasteiger partial charge in [-0.2, -0.15) is 0 Å². The zero-order valence-electron chi connectivity index (χ0n) is 23.5. The van der Waals surface area contributed by atoms with Crippen LogP contribution >= 0.6 is 0 Å². The Kier molecular flexibility index (Phi) is 9.45. The lowest BCUT2D eigenvalue weighted by Gasteiger charge is -2.38. The summed E-state index contributed by atoms with van der Waals surface area (Å²) in [5.41, 5.74) is 3.77. The number of amides is 1. The quantitative estimate of drug-likeness (QED) is 0.525. The molecule has 1 aromatic heterocycles. The Balaban J connectivity index is 1.14. The maximum Gasteiger partial charge on any atom is 0.272 e. The molecule has 0 radical (unpaired) electrons. The summed E-state index contributed by atoms with van der Waals surface area (Å²) in [6.45, 7) is 7.51. The first-order valence-electron chi connectivity index (χ1n) is 14.4. The van der Waals surface area contributed by atoms with Crippen molar-refractivity contribution >= 4 is 11.7 Å². The van der Waals surface area contributed by atoms with Crippen molar-refractivity contribution in [3.8, 4) is 0 Å². The van der Waals surface area contributed by atoms with Crippen LogP contribution in [0.2, 0.25) is 0 Å². The third kappa shape index (κ3) is 6.95. The average molecular weight is 538 g/mol. The minimum atomic E-state index is -0.0225. The molecule has 9 nitrogen and oxygen atoms in total. The van der Waals surface area contributed by atoms with E-state index in [1.807, 2.05) is 11.8 Å². The van der Waals surface area contributed by atoms with Gasteiger partial charge in [-0.05, 0) is 57.9 Å². The van der Waals surface area contributed by atoms with Crippen molar-refractivity contribution in [3.05, 3.63) is 53.0 Å². The molecule has 5 rings (SSSR count). The van der Waals surface area contributed by atoms with E-state index in [2.05, 4.69) is 51.8 Å². The second-order valence-electron chi connectivity index (χ2n) is 11.1. The zero-order chi connectivity index (χ0) is 27.2. The lowest BCUT2D eigenvalue weighted by Crippen LogP contribution is -2.54. The zero-order valence-corrected chi connectivity index (χ0v) is 23.5. The van der Waals surface area contributed by atoms with Crippen molar-refractivity contribution in [2.24, 2.45) is 0 Å². The number of hydrogen-bond acceptors (Lipinski definition) is 8. The molecular weight excluding hydrogens is 494 g/mol. The number of piperidine rings is 1. The first-order valence-corrected chi connectivity index (χ1v) is 14.4. The summed E-state index contributed by atoms with van der Waals surface area (Å²) < 4.78 is 17.6. The average Bonchev–Trinajstić information content (AvgIpc) is 2.97. The highest BCUT2D eigenvalue weighted by Gasteiger charge is 2.31. The van der Waals surface area contributed by atoms with Crippen LogP contribution < -0.4 is 10.6 Å². The normalized spacial score (nSPS) is 26.4. The molecule has 9 heteroatoms. The topological polar surface area (TPSA) is 97.8 Å². The lowest BCUT2D eigenvalue weighted by molar-refractivity contribution is -0.0533. The highest BCUT2D eigenvalue weighted by Crippen LogP contribution is 2.32. The number of nitrogens with zero attached hydrogens (tertiary/aromatic N) is 3. The van der Waals surface area contributed by atoms with Gasteiger partial charge in [0.1, 0.15) is 17.8 Å². The number of carbonyl (C=O) groups excluding carboxylic acids is 1. The molecule has 0 spiro atoms. The summed E-state index contributed by atoms with van der Waals surface area (Å²) in [5, 5.41) is 7.20. The molecule has 0 aliphatic carbocycles. The number of hydrogen-bond donors (Lipinski definition) is 2. The van der Waals surface area contributed by atoms with Crippen LogP contribution in [0.3, 0.4) is 0 Å². The highest BCUT2D eigenvalue weighted by atomic mass is 16.5. The summed E-state index contributed by atoms with van der Waals surface area (Å²) in [6.07, 6.45) is 7.74. The van der Waals surface area contributed by atoms with Crippen molar-refractivity contribution in [2.75, 3.05) is 45.3 Å². The van der Waals surface area contributed by atoms with Gasteiger partial charge in [0.2, 0.25) is 0 Å². The van der Waals surface area contributed by atoms with Gasteiger partial charge in [-0.15, -0.1) is 0 Å². The van der Waals surface area contributed by atoms with E-state index in [4.69, 9.17) is 14.2 Å². The molecule has 1 amide bonds. The number of carbonyl (C=O) groups is 1. The van der Waals surface area contributed by atoms with E-state index in [1.54, 1.807) is 7.11 Å². The lowest BCUT2D eigenvalue weighted by atomic mass is 9.97. The molecule has 212 valence electrons. The molecule has 3 fully saturated rings.